The number of benzene rings is 1. The first-order valence-electron chi connectivity index (χ1n) is 9.57. The highest BCUT2D eigenvalue weighted by Crippen LogP contribution is 2.19. The van der Waals surface area contributed by atoms with E-state index < -0.39 is 0 Å². The van der Waals surface area contributed by atoms with Crippen molar-refractivity contribution in [3.8, 4) is 11.8 Å². The number of piperidine rings is 1. The van der Waals surface area contributed by atoms with Crippen LogP contribution in [0, 0.1) is 0 Å². The summed E-state index contributed by atoms with van der Waals surface area (Å²) in [7, 11) is 0. The van der Waals surface area contributed by atoms with Gasteiger partial charge < -0.3 is 19.7 Å². The highest BCUT2D eigenvalue weighted by molar-refractivity contribution is 6.30. The standard InChI is InChI=1S/C20H25ClN4O3/c1-2-3-11-27-17-8-6-16(7-9-17)24-20(26)25-10-4-5-18(14-25)28-19-22-12-15(21)13-23-19/h6-9,12-13,18H,2-5,10-11,14H2,1H3,(H,24,26). The summed E-state index contributed by atoms with van der Waals surface area (Å²) < 4.78 is 11.4. The van der Waals surface area contributed by atoms with Crippen molar-refractivity contribution in [3.05, 3.63) is 41.7 Å². The number of hydrogen-bond acceptors (Lipinski definition) is 5. The van der Waals surface area contributed by atoms with Crippen molar-refractivity contribution < 1.29 is 14.3 Å². The number of carbonyl (C=O) groups is 1. The van der Waals surface area contributed by atoms with E-state index in [9.17, 15) is 4.79 Å². The third kappa shape index (κ3) is 5.99. The van der Waals surface area contributed by atoms with Gasteiger partial charge in [-0.15, -0.1) is 0 Å². The molecule has 1 aromatic heterocycles. The molecule has 8 heteroatoms. The number of halogens is 1. The third-order valence-electron chi connectivity index (χ3n) is 4.41. The summed E-state index contributed by atoms with van der Waals surface area (Å²) in [4.78, 5) is 22.4. The van der Waals surface area contributed by atoms with Gasteiger partial charge in [-0.25, -0.2) is 14.8 Å². The van der Waals surface area contributed by atoms with Gasteiger partial charge in [0.05, 0.1) is 30.6 Å². The first-order chi connectivity index (χ1) is 13.6. The van der Waals surface area contributed by atoms with Crippen LogP contribution in [0.15, 0.2) is 36.7 Å². The van der Waals surface area contributed by atoms with Gasteiger partial charge in [0.2, 0.25) is 0 Å². The number of carbonyl (C=O) groups excluding carboxylic acids is 1. The fraction of sp³-hybridized carbons (Fsp3) is 0.450. The molecule has 3 rings (SSSR count). The maximum atomic E-state index is 12.6. The van der Waals surface area contributed by atoms with Crippen molar-refractivity contribution in [2.75, 3.05) is 25.0 Å². The summed E-state index contributed by atoms with van der Waals surface area (Å²) >= 11 is 5.79. The van der Waals surface area contributed by atoms with Gasteiger partial charge in [-0.3, -0.25) is 0 Å². The van der Waals surface area contributed by atoms with Crippen molar-refractivity contribution in [1.29, 1.82) is 0 Å². The van der Waals surface area contributed by atoms with Crippen molar-refractivity contribution in [2.24, 2.45) is 0 Å². The highest BCUT2D eigenvalue weighted by Gasteiger charge is 2.25. The van der Waals surface area contributed by atoms with E-state index in [1.165, 1.54) is 12.4 Å². The predicted octanol–water partition coefficient (Wildman–Crippen LogP) is 4.38. The summed E-state index contributed by atoms with van der Waals surface area (Å²) in [6, 6.07) is 7.55. The summed E-state index contributed by atoms with van der Waals surface area (Å²) in [5, 5.41) is 3.38. The largest absolute Gasteiger partial charge is 0.494 e. The second-order valence-corrected chi connectivity index (χ2v) is 7.10. The number of aromatic nitrogens is 2. The lowest BCUT2D eigenvalue weighted by molar-refractivity contribution is 0.0983. The average Bonchev–Trinajstić information content (AvgIpc) is 2.71. The fourth-order valence-electron chi connectivity index (χ4n) is 2.90. The van der Waals surface area contributed by atoms with E-state index in [4.69, 9.17) is 21.1 Å². The third-order valence-corrected chi connectivity index (χ3v) is 4.60. The minimum atomic E-state index is -0.148. The number of nitrogens with one attached hydrogen (secondary N) is 1. The van der Waals surface area contributed by atoms with Gasteiger partial charge in [-0.05, 0) is 43.5 Å². The Hall–Kier alpha value is -2.54. The lowest BCUT2D eigenvalue weighted by Crippen LogP contribution is -2.46. The Balaban J connectivity index is 1.50. The van der Waals surface area contributed by atoms with E-state index >= 15 is 0 Å². The smallest absolute Gasteiger partial charge is 0.321 e. The van der Waals surface area contributed by atoms with Crippen LogP contribution in [0.3, 0.4) is 0 Å². The van der Waals surface area contributed by atoms with Gasteiger partial charge in [-0.1, -0.05) is 24.9 Å². The van der Waals surface area contributed by atoms with Crippen molar-refractivity contribution in [2.45, 2.75) is 38.7 Å². The van der Waals surface area contributed by atoms with Crippen LogP contribution in [0.4, 0.5) is 10.5 Å². The number of amides is 2. The summed E-state index contributed by atoms with van der Waals surface area (Å²) in [5.41, 5.74) is 0.733. The predicted molar refractivity (Wildman–Crippen MR) is 108 cm³/mol. The minimum absolute atomic E-state index is 0.144. The van der Waals surface area contributed by atoms with E-state index in [1.54, 1.807) is 4.90 Å². The lowest BCUT2D eigenvalue weighted by atomic mass is 10.1. The van der Waals surface area contributed by atoms with Crippen molar-refractivity contribution >= 4 is 23.3 Å². The highest BCUT2D eigenvalue weighted by atomic mass is 35.5. The number of rotatable bonds is 7. The van der Waals surface area contributed by atoms with Crippen LogP contribution < -0.4 is 14.8 Å². The molecule has 1 aliphatic heterocycles. The van der Waals surface area contributed by atoms with Gasteiger partial charge in [-0.2, -0.15) is 0 Å². The fourth-order valence-corrected chi connectivity index (χ4v) is 3.00. The van der Waals surface area contributed by atoms with Crippen LogP contribution in [-0.4, -0.2) is 46.7 Å². The molecule has 2 amide bonds. The Kier molecular flexibility index (Phi) is 7.31. The molecule has 0 radical (unpaired) electrons. The number of likely N-dealkylation sites (tertiary alicyclic amines) is 1. The van der Waals surface area contributed by atoms with Gasteiger partial charge in [0.1, 0.15) is 11.9 Å². The topological polar surface area (TPSA) is 76.6 Å². The van der Waals surface area contributed by atoms with Crippen LogP contribution >= 0.6 is 11.6 Å². The number of urea groups is 1. The number of nitrogens with zero attached hydrogens (tertiary/aromatic N) is 3. The first-order valence-corrected chi connectivity index (χ1v) is 9.95. The molecular weight excluding hydrogens is 380 g/mol. The maximum Gasteiger partial charge on any atom is 0.321 e. The number of hydrogen-bond donors (Lipinski definition) is 1. The molecular formula is C20H25ClN4O3. The Bertz CT molecular complexity index is 755. The monoisotopic (exact) mass is 404 g/mol. The maximum absolute atomic E-state index is 12.6. The van der Waals surface area contributed by atoms with Crippen LogP contribution in [0.5, 0.6) is 11.8 Å². The average molecular weight is 405 g/mol. The molecule has 1 atom stereocenters. The normalized spacial score (nSPS) is 16.5. The molecule has 2 aromatic rings. The van der Waals surface area contributed by atoms with Crippen LogP contribution in [0.2, 0.25) is 5.02 Å². The molecule has 1 aromatic carbocycles. The first kappa shape index (κ1) is 20.2. The molecule has 0 spiro atoms. The van der Waals surface area contributed by atoms with E-state index in [-0.39, 0.29) is 18.1 Å². The van der Waals surface area contributed by atoms with Crippen molar-refractivity contribution in [3.63, 3.8) is 0 Å². The van der Waals surface area contributed by atoms with Crippen LogP contribution in [-0.2, 0) is 0 Å². The summed E-state index contributed by atoms with van der Waals surface area (Å²) in [6.07, 6.45) is 6.67. The molecule has 150 valence electrons. The quantitative estimate of drug-likeness (QED) is 0.693. The van der Waals surface area contributed by atoms with E-state index in [2.05, 4.69) is 22.2 Å². The zero-order chi connectivity index (χ0) is 19.8. The Morgan fingerprint density at radius 3 is 2.75 bits per heavy atom. The molecule has 0 aliphatic carbocycles. The number of unbranched alkanes of at least 4 members (excludes halogenated alkanes) is 1. The lowest BCUT2D eigenvalue weighted by Gasteiger charge is -2.32. The molecule has 1 N–H and O–H groups in total. The van der Waals surface area contributed by atoms with Gasteiger partial charge in [0.25, 0.3) is 0 Å². The SMILES string of the molecule is CCCCOc1ccc(NC(=O)N2CCCC(Oc3ncc(Cl)cn3)C2)cc1. The molecule has 28 heavy (non-hydrogen) atoms. The molecule has 1 aliphatic rings. The Morgan fingerprint density at radius 2 is 2.04 bits per heavy atom. The van der Waals surface area contributed by atoms with Gasteiger partial charge in [0.15, 0.2) is 0 Å². The summed E-state index contributed by atoms with van der Waals surface area (Å²) in [6.45, 7) is 4.00. The second kappa shape index (κ2) is 10.1. The minimum Gasteiger partial charge on any atom is -0.494 e. The van der Waals surface area contributed by atoms with Gasteiger partial charge in [0, 0.05) is 12.2 Å². The molecule has 1 unspecified atom stereocenters. The van der Waals surface area contributed by atoms with Crippen LogP contribution in [0.25, 0.3) is 0 Å². The molecule has 0 bridgehead atoms. The van der Waals surface area contributed by atoms with Gasteiger partial charge >= 0.3 is 12.0 Å². The Labute approximate surface area is 170 Å². The van der Waals surface area contributed by atoms with Crippen molar-refractivity contribution in [1.82, 2.24) is 14.9 Å². The Morgan fingerprint density at radius 1 is 1.29 bits per heavy atom. The zero-order valence-corrected chi connectivity index (χ0v) is 16.7. The molecule has 0 saturated carbocycles. The van der Waals surface area contributed by atoms with Crippen LogP contribution in [0.1, 0.15) is 32.6 Å². The molecule has 1 saturated heterocycles. The van der Waals surface area contributed by atoms with E-state index in [1.807, 2.05) is 24.3 Å². The molecule has 1 fully saturated rings. The second-order valence-electron chi connectivity index (χ2n) is 6.67. The van der Waals surface area contributed by atoms with E-state index in [0.717, 1.165) is 37.1 Å². The number of ether oxygens (including phenoxy) is 2. The zero-order valence-electron chi connectivity index (χ0n) is 15.9. The number of anilines is 1. The van der Waals surface area contributed by atoms with E-state index in [0.29, 0.717) is 24.7 Å². The summed E-state index contributed by atoms with van der Waals surface area (Å²) in [5.74, 6) is 0.806. The molecule has 7 nitrogen and oxygen atoms in total. The molecule has 2 heterocycles.